The van der Waals surface area contributed by atoms with Gasteiger partial charge >= 0.3 is 0 Å². The SMILES string of the molecule is c1ccc(-n2c3ccccc3c3ccc(-c4ccc(N(c5cccc6c5sc5ccccc56)c5cccc6c5c5ccccc5n6-c5ccccc5)cc4)cc32)cc1. The molecular weight excluding hydrogens is 723 g/mol. The molecule has 0 aliphatic rings. The Kier molecular flexibility index (Phi) is 7.40. The molecule has 58 heavy (non-hydrogen) atoms. The van der Waals surface area contributed by atoms with Crippen LogP contribution in [0.25, 0.3) is 86.3 Å². The highest BCUT2D eigenvalue weighted by Crippen LogP contribution is 2.48. The molecule has 3 nitrogen and oxygen atoms in total. The smallest absolute Gasteiger partial charge is 0.0640 e. The molecule has 4 heteroatoms. The van der Waals surface area contributed by atoms with Crippen LogP contribution < -0.4 is 4.90 Å². The van der Waals surface area contributed by atoms with Gasteiger partial charge in [0.2, 0.25) is 0 Å². The summed E-state index contributed by atoms with van der Waals surface area (Å²) in [5.74, 6) is 0. The van der Waals surface area contributed by atoms with Crippen LogP contribution in [0.2, 0.25) is 0 Å². The minimum absolute atomic E-state index is 1.11. The van der Waals surface area contributed by atoms with Gasteiger partial charge in [-0.1, -0.05) is 133 Å². The van der Waals surface area contributed by atoms with Gasteiger partial charge in [-0.25, -0.2) is 0 Å². The van der Waals surface area contributed by atoms with Crippen molar-refractivity contribution in [2.24, 2.45) is 0 Å². The summed E-state index contributed by atoms with van der Waals surface area (Å²) in [6.07, 6.45) is 0. The monoisotopic (exact) mass is 757 g/mol. The molecule has 0 fully saturated rings. The van der Waals surface area contributed by atoms with E-state index in [2.05, 4.69) is 226 Å². The van der Waals surface area contributed by atoms with E-state index < -0.39 is 0 Å². The van der Waals surface area contributed by atoms with Gasteiger partial charge in [-0.05, 0) is 90.0 Å². The summed E-state index contributed by atoms with van der Waals surface area (Å²) in [5, 5.41) is 7.54. The summed E-state index contributed by atoms with van der Waals surface area (Å²) < 4.78 is 7.36. The van der Waals surface area contributed by atoms with Gasteiger partial charge in [0.15, 0.2) is 0 Å². The van der Waals surface area contributed by atoms with Crippen LogP contribution in [0.1, 0.15) is 0 Å². The Hall–Kier alpha value is -7.40. The molecule has 9 aromatic carbocycles. The third kappa shape index (κ3) is 4.99. The molecule has 0 unspecified atom stereocenters. The van der Waals surface area contributed by atoms with Gasteiger partial charge in [0.25, 0.3) is 0 Å². The van der Waals surface area contributed by atoms with Crippen LogP contribution in [0, 0.1) is 0 Å². The Bertz CT molecular complexity index is 3500. The lowest BCUT2D eigenvalue weighted by molar-refractivity contribution is 1.18. The van der Waals surface area contributed by atoms with E-state index in [1.54, 1.807) is 0 Å². The number of aromatic nitrogens is 2. The Labute approximate surface area is 339 Å². The minimum Gasteiger partial charge on any atom is -0.309 e. The van der Waals surface area contributed by atoms with E-state index in [9.17, 15) is 0 Å². The maximum absolute atomic E-state index is 2.49. The van der Waals surface area contributed by atoms with Crippen molar-refractivity contribution in [2.75, 3.05) is 4.90 Å². The van der Waals surface area contributed by atoms with Gasteiger partial charge in [-0.2, -0.15) is 0 Å². The molecule has 3 heterocycles. The Morgan fingerprint density at radius 1 is 0.345 bits per heavy atom. The van der Waals surface area contributed by atoms with Crippen LogP contribution in [0.5, 0.6) is 0 Å². The molecular formula is C54H35N3S. The largest absolute Gasteiger partial charge is 0.309 e. The first kappa shape index (κ1) is 32.8. The Balaban J connectivity index is 1.08. The first-order valence-corrected chi connectivity index (χ1v) is 20.6. The molecule has 12 rings (SSSR count). The zero-order valence-corrected chi connectivity index (χ0v) is 32.3. The normalized spacial score (nSPS) is 11.8. The second-order valence-electron chi connectivity index (χ2n) is 14.9. The van der Waals surface area contributed by atoms with Crippen molar-refractivity contribution in [1.82, 2.24) is 9.13 Å². The lowest BCUT2D eigenvalue weighted by atomic mass is 10.0. The van der Waals surface area contributed by atoms with Crippen LogP contribution in [0.3, 0.4) is 0 Å². The van der Waals surface area contributed by atoms with Crippen LogP contribution in [0.15, 0.2) is 212 Å². The number of para-hydroxylation sites is 4. The zero-order chi connectivity index (χ0) is 38.2. The van der Waals surface area contributed by atoms with Gasteiger partial charge in [-0.3, -0.25) is 0 Å². The predicted octanol–water partition coefficient (Wildman–Crippen LogP) is 15.4. The van der Waals surface area contributed by atoms with Crippen molar-refractivity contribution in [3.8, 4) is 22.5 Å². The highest BCUT2D eigenvalue weighted by Gasteiger charge is 2.23. The number of thiophene rings is 1. The van der Waals surface area contributed by atoms with Crippen molar-refractivity contribution >= 4 is 92.2 Å². The highest BCUT2D eigenvalue weighted by molar-refractivity contribution is 7.26. The van der Waals surface area contributed by atoms with Crippen molar-refractivity contribution in [3.05, 3.63) is 212 Å². The van der Waals surface area contributed by atoms with Gasteiger partial charge in [0, 0.05) is 54.1 Å². The summed E-state index contributed by atoms with van der Waals surface area (Å²) in [6.45, 7) is 0. The first-order chi connectivity index (χ1) is 28.8. The van der Waals surface area contributed by atoms with Crippen molar-refractivity contribution in [3.63, 3.8) is 0 Å². The lowest BCUT2D eigenvalue weighted by Crippen LogP contribution is -2.10. The second kappa shape index (κ2) is 13.1. The van der Waals surface area contributed by atoms with Gasteiger partial charge in [0.1, 0.15) is 0 Å². The fraction of sp³-hybridized carbons (Fsp3) is 0. The van der Waals surface area contributed by atoms with Gasteiger partial charge in [0.05, 0.1) is 38.1 Å². The molecule has 0 N–H and O–H groups in total. The fourth-order valence-corrected chi connectivity index (χ4v) is 10.4. The number of nitrogens with zero attached hydrogens (tertiary/aromatic N) is 3. The number of fused-ring (bicyclic) bond motifs is 9. The summed E-state index contributed by atoms with van der Waals surface area (Å²) >= 11 is 1.87. The molecule has 272 valence electrons. The summed E-state index contributed by atoms with van der Waals surface area (Å²) in [7, 11) is 0. The van der Waals surface area contributed by atoms with E-state index in [-0.39, 0.29) is 0 Å². The number of rotatable bonds is 6. The van der Waals surface area contributed by atoms with Crippen LogP contribution in [0.4, 0.5) is 17.1 Å². The third-order valence-electron chi connectivity index (χ3n) is 11.7. The summed E-state index contributed by atoms with van der Waals surface area (Å²) in [4.78, 5) is 2.49. The summed E-state index contributed by atoms with van der Waals surface area (Å²) in [5.41, 5.74) is 12.9. The standard InChI is InChI=1S/C54H35N3S/c1-3-15-38(16-4-1)55-47-24-11-8-21-45(47)53-48(55)25-14-26-49(53)57(50-27-13-22-44-43-20-9-12-28-52(43)58-54(44)50)40-32-29-36(30-33-40)37-31-34-42-41-19-7-10-23-46(41)56(51(42)35-37)39-17-5-2-6-18-39/h1-35H. The average molecular weight is 758 g/mol. The number of anilines is 3. The van der Waals surface area contributed by atoms with E-state index in [1.165, 1.54) is 80.6 Å². The van der Waals surface area contributed by atoms with Crippen LogP contribution >= 0.6 is 11.3 Å². The zero-order valence-electron chi connectivity index (χ0n) is 31.5. The maximum Gasteiger partial charge on any atom is 0.0640 e. The Morgan fingerprint density at radius 3 is 1.64 bits per heavy atom. The maximum atomic E-state index is 2.49. The Morgan fingerprint density at radius 2 is 0.879 bits per heavy atom. The number of benzene rings is 9. The molecule has 3 aromatic heterocycles. The van der Waals surface area contributed by atoms with Crippen LogP contribution in [-0.4, -0.2) is 9.13 Å². The molecule has 0 amide bonds. The molecule has 0 bridgehead atoms. The summed E-state index contributed by atoms with van der Waals surface area (Å²) in [6, 6.07) is 77.4. The van der Waals surface area contributed by atoms with Gasteiger partial charge in [-0.15, -0.1) is 11.3 Å². The molecule has 0 aliphatic carbocycles. The van der Waals surface area contributed by atoms with Crippen molar-refractivity contribution < 1.29 is 0 Å². The molecule has 12 aromatic rings. The first-order valence-electron chi connectivity index (χ1n) is 19.8. The number of hydrogen-bond acceptors (Lipinski definition) is 2. The lowest BCUT2D eigenvalue weighted by Gasteiger charge is -2.27. The second-order valence-corrected chi connectivity index (χ2v) is 16.0. The van der Waals surface area contributed by atoms with Crippen LogP contribution in [-0.2, 0) is 0 Å². The van der Waals surface area contributed by atoms with Crippen molar-refractivity contribution in [2.45, 2.75) is 0 Å². The molecule has 0 saturated carbocycles. The third-order valence-corrected chi connectivity index (χ3v) is 12.9. The van der Waals surface area contributed by atoms with E-state index >= 15 is 0 Å². The molecule has 0 aliphatic heterocycles. The van der Waals surface area contributed by atoms with E-state index in [0.717, 1.165) is 22.7 Å². The molecule has 0 atom stereocenters. The van der Waals surface area contributed by atoms with E-state index in [1.807, 2.05) is 11.3 Å². The predicted molar refractivity (Wildman–Crippen MR) is 248 cm³/mol. The fourth-order valence-electron chi connectivity index (χ4n) is 9.17. The quantitative estimate of drug-likeness (QED) is 0.165. The number of hydrogen-bond donors (Lipinski definition) is 0. The molecule has 0 spiro atoms. The van der Waals surface area contributed by atoms with E-state index in [4.69, 9.17) is 0 Å². The van der Waals surface area contributed by atoms with Gasteiger partial charge < -0.3 is 14.0 Å². The average Bonchev–Trinajstić information content (AvgIpc) is 3.96. The minimum atomic E-state index is 1.11. The highest BCUT2D eigenvalue weighted by atomic mass is 32.1. The topological polar surface area (TPSA) is 13.1 Å². The molecule has 0 saturated heterocycles. The molecule has 0 radical (unpaired) electrons. The van der Waals surface area contributed by atoms with Crippen molar-refractivity contribution in [1.29, 1.82) is 0 Å². The van der Waals surface area contributed by atoms with E-state index in [0.29, 0.717) is 0 Å².